The van der Waals surface area contributed by atoms with E-state index < -0.39 is 0 Å². The van der Waals surface area contributed by atoms with E-state index >= 15 is 0 Å². The highest BCUT2D eigenvalue weighted by molar-refractivity contribution is 7.99. The molecule has 8 heteroatoms. The molecule has 0 bridgehead atoms. The molecule has 2 fully saturated rings. The number of piperazine rings is 1. The number of para-hydroxylation sites is 1. The van der Waals surface area contributed by atoms with Crippen molar-refractivity contribution in [1.29, 1.82) is 0 Å². The Bertz CT molecular complexity index is 1320. The van der Waals surface area contributed by atoms with Crippen molar-refractivity contribution in [2.45, 2.75) is 89.3 Å². The van der Waals surface area contributed by atoms with Gasteiger partial charge in [0, 0.05) is 50.7 Å². The van der Waals surface area contributed by atoms with E-state index in [-0.39, 0.29) is 17.9 Å². The van der Waals surface area contributed by atoms with Gasteiger partial charge in [-0.1, -0.05) is 86.0 Å². The Balaban J connectivity index is 1.08. The van der Waals surface area contributed by atoms with Gasteiger partial charge in [-0.15, -0.1) is 10.2 Å². The van der Waals surface area contributed by atoms with Crippen molar-refractivity contribution in [2.24, 2.45) is 5.92 Å². The molecule has 1 atom stereocenters. The van der Waals surface area contributed by atoms with E-state index in [0.717, 1.165) is 54.0 Å². The Morgan fingerprint density at radius 1 is 0.905 bits per heavy atom. The summed E-state index contributed by atoms with van der Waals surface area (Å²) in [4.78, 5) is 29.8. The molecule has 1 saturated heterocycles. The largest absolute Gasteiger partial charge is 0.339 e. The van der Waals surface area contributed by atoms with Gasteiger partial charge in [0.1, 0.15) is 5.82 Å². The zero-order valence-corrected chi connectivity index (χ0v) is 26.0. The molecule has 2 aromatic carbocycles. The van der Waals surface area contributed by atoms with Crippen LogP contribution in [0.1, 0.15) is 81.7 Å². The number of hydrogen-bond donors (Lipinski definition) is 0. The second-order valence-electron chi connectivity index (χ2n) is 12.0. The molecule has 0 N–H and O–H groups in total. The summed E-state index contributed by atoms with van der Waals surface area (Å²) in [6.45, 7) is 6.16. The van der Waals surface area contributed by atoms with Crippen LogP contribution in [0.5, 0.6) is 0 Å². The van der Waals surface area contributed by atoms with Crippen molar-refractivity contribution in [2.75, 3.05) is 25.4 Å². The standard InChI is InChI=1S/C34H45N5O2S/c1-26-12-6-9-17-30(26)39-31(24-29-15-4-3-5-16-29)35-36-34(39)42-23-11-10-18-32(40)37-21-22-38(27(2)25-37)33(41)20-19-28-13-7-8-14-28/h3-6,9,12,15-17,27-28H,7-8,10-11,13-14,18-25H2,1-2H3. The van der Waals surface area contributed by atoms with Crippen LogP contribution in [-0.2, 0) is 16.0 Å². The van der Waals surface area contributed by atoms with Gasteiger partial charge in [0.15, 0.2) is 5.16 Å². The van der Waals surface area contributed by atoms with E-state index in [9.17, 15) is 9.59 Å². The highest BCUT2D eigenvalue weighted by Gasteiger charge is 2.30. The third kappa shape index (κ3) is 7.82. The predicted molar refractivity (Wildman–Crippen MR) is 169 cm³/mol. The first-order valence-electron chi connectivity index (χ1n) is 15.7. The maximum Gasteiger partial charge on any atom is 0.222 e. The lowest BCUT2D eigenvalue weighted by molar-refractivity contribution is -0.142. The summed E-state index contributed by atoms with van der Waals surface area (Å²) in [5.74, 6) is 3.02. The van der Waals surface area contributed by atoms with E-state index in [0.29, 0.717) is 32.5 Å². The lowest BCUT2D eigenvalue weighted by Crippen LogP contribution is -2.55. The van der Waals surface area contributed by atoms with Crippen LogP contribution < -0.4 is 0 Å². The Labute approximate surface area is 255 Å². The monoisotopic (exact) mass is 587 g/mol. The first-order chi connectivity index (χ1) is 20.5. The van der Waals surface area contributed by atoms with Crippen molar-refractivity contribution in [1.82, 2.24) is 24.6 Å². The number of nitrogens with zero attached hydrogens (tertiary/aromatic N) is 5. The topological polar surface area (TPSA) is 71.3 Å². The fourth-order valence-electron chi connectivity index (χ4n) is 6.37. The number of benzene rings is 2. The van der Waals surface area contributed by atoms with Crippen LogP contribution in [0.2, 0.25) is 0 Å². The SMILES string of the molecule is Cc1ccccc1-n1c(Cc2ccccc2)nnc1SCCCCC(=O)N1CCN(C(=O)CCC2CCCC2)C(C)C1. The molecule has 2 heterocycles. The first-order valence-corrected chi connectivity index (χ1v) is 16.7. The molecule has 224 valence electrons. The molecule has 2 aliphatic rings. The highest BCUT2D eigenvalue weighted by Crippen LogP contribution is 2.29. The van der Waals surface area contributed by atoms with Gasteiger partial charge >= 0.3 is 0 Å². The molecule has 1 unspecified atom stereocenters. The van der Waals surface area contributed by atoms with E-state index in [2.05, 4.69) is 77.1 Å². The summed E-state index contributed by atoms with van der Waals surface area (Å²) in [5.41, 5.74) is 3.50. The quantitative estimate of drug-likeness (QED) is 0.180. The lowest BCUT2D eigenvalue weighted by atomic mass is 10.0. The molecule has 1 aromatic heterocycles. The average molecular weight is 588 g/mol. The number of unbranched alkanes of at least 4 members (excludes halogenated alkanes) is 1. The Hall–Kier alpha value is -3.13. The summed E-state index contributed by atoms with van der Waals surface area (Å²) in [6.07, 6.45) is 9.93. The fourth-order valence-corrected chi connectivity index (χ4v) is 7.33. The fraction of sp³-hybridized carbons (Fsp3) is 0.529. The number of thioether (sulfide) groups is 1. The Morgan fingerprint density at radius 3 is 2.43 bits per heavy atom. The van der Waals surface area contributed by atoms with E-state index in [1.807, 2.05) is 15.9 Å². The predicted octanol–water partition coefficient (Wildman–Crippen LogP) is 6.46. The number of hydrogen-bond acceptors (Lipinski definition) is 5. The summed E-state index contributed by atoms with van der Waals surface area (Å²) in [6, 6.07) is 18.8. The smallest absolute Gasteiger partial charge is 0.222 e. The van der Waals surface area contributed by atoms with Crippen LogP contribution in [0.3, 0.4) is 0 Å². The molecular weight excluding hydrogens is 542 g/mol. The molecule has 2 amide bonds. The molecule has 1 saturated carbocycles. The number of aryl methyl sites for hydroxylation is 1. The summed E-state index contributed by atoms with van der Waals surface area (Å²) < 4.78 is 2.19. The van der Waals surface area contributed by atoms with Crippen molar-refractivity contribution in [3.8, 4) is 5.69 Å². The number of carbonyl (C=O) groups is 2. The maximum atomic E-state index is 13.0. The molecule has 1 aliphatic heterocycles. The minimum absolute atomic E-state index is 0.0900. The van der Waals surface area contributed by atoms with Crippen molar-refractivity contribution in [3.63, 3.8) is 0 Å². The number of amides is 2. The molecule has 7 nitrogen and oxygen atoms in total. The molecule has 1 aliphatic carbocycles. The van der Waals surface area contributed by atoms with Crippen LogP contribution in [0.25, 0.3) is 5.69 Å². The van der Waals surface area contributed by atoms with Crippen molar-refractivity contribution < 1.29 is 9.59 Å². The van der Waals surface area contributed by atoms with Crippen molar-refractivity contribution in [3.05, 3.63) is 71.5 Å². The molecular formula is C34H45N5O2S. The summed E-state index contributed by atoms with van der Waals surface area (Å²) in [5, 5.41) is 10.0. The first kappa shape index (κ1) is 30.3. The van der Waals surface area contributed by atoms with Crippen LogP contribution in [0.15, 0.2) is 59.8 Å². The number of rotatable bonds is 12. The van der Waals surface area contributed by atoms with Gasteiger partial charge in [-0.25, -0.2) is 0 Å². The summed E-state index contributed by atoms with van der Waals surface area (Å²) >= 11 is 1.71. The minimum atomic E-state index is 0.0900. The lowest BCUT2D eigenvalue weighted by Gasteiger charge is -2.40. The van der Waals surface area contributed by atoms with Gasteiger partial charge in [0.2, 0.25) is 11.8 Å². The summed E-state index contributed by atoms with van der Waals surface area (Å²) in [7, 11) is 0. The zero-order valence-electron chi connectivity index (χ0n) is 25.2. The van der Waals surface area contributed by atoms with Crippen molar-refractivity contribution >= 4 is 23.6 Å². The van der Waals surface area contributed by atoms with Gasteiger partial charge < -0.3 is 9.80 Å². The zero-order chi connectivity index (χ0) is 29.3. The Morgan fingerprint density at radius 2 is 1.67 bits per heavy atom. The molecule has 3 aromatic rings. The van der Waals surface area contributed by atoms with Gasteiger partial charge in [0.25, 0.3) is 0 Å². The molecule has 0 radical (unpaired) electrons. The third-order valence-corrected chi connectivity index (χ3v) is 9.83. The van der Waals surface area contributed by atoms with Gasteiger partial charge in [-0.05, 0) is 56.2 Å². The van der Waals surface area contributed by atoms with Crippen LogP contribution in [-0.4, -0.2) is 67.8 Å². The van der Waals surface area contributed by atoms with Gasteiger partial charge in [-0.2, -0.15) is 0 Å². The van der Waals surface area contributed by atoms with Gasteiger partial charge in [-0.3, -0.25) is 14.2 Å². The average Bonchev–Trinajstić information content (AvgIpc) is 3.66. The van der Waals surface area contributed by atoms with E-state index in [1.54, 1.807) is 11.8 Å². The number of carbonyl (C=O) groups excluding carboxylic acids is 2. The maximum absolute atomic E-state index is 13.0. The number of aromatic nitrogens is 3. The van der Waals surface area contributed by atoms with Crippen LogP contribution in [0, 0.1) is 12.8 Å². The second kappa shape index (κ2) is 14.9. The normalized spacial score (nSPS) is 17.6. The minimum Gasteiger partial charge on any atom is -0.339 e. The third-order valence-electron chi connectivity index (χ3n) is 8.82. The van der Waals surface area contributed by atoms with Crippen LogP contribution in [0.4, 0.5) is 0 Å². The van der Waals surface area contributed by atoms with Gasteiger partial charge in [0.05, 0.1) is 5.69 Å². The molecule has 42 heavy (non-hydrogen) atoms. The molecule has 0 spiro atoms. The highest BCUT2D eigenvalue weighted by atomic mass is 32.2. The molecule has 5 rings (SSSR count). The van der Waals surface area contributed by atoms with E-state index in [4.69, 9.17) is 0 Å². The van der Waals surface area contributed by atoms with Crippen LogP contribution >= 0.6 is 11.8 Å². The Kier molecular flexibility index (Phi) is 10.7. The second-order valence-corrected chi connectivity index (χ2v) is 13.0. The van der Waals surface area contributed by atoms with E-state index in [1.165, 1.54) is 36.8 Å².